The Labute approximate surface area is 49.7 Å². The normalized spacial score (nSPS) is 3.50. The van der Waals surface area contributed by atoms with Crippen LogP contribution in [-0.4, -0.2) is 7.05 Å². The van der Waals surface area contributed by atoms with E-state index in [4.69, 9.17) is 6.58 Å². The first-order valence-corrected chi connectivity index (χ1v) is 1.04. The van der Waals surface area contributed by atoms with E-state index in [1.165, 1.54) is 6.20 Å². The molecule has 6 heavy (non-hydrogen) atoms. The minimum Gasteiger partial charge on any atom is -0.723 e. The van der Waals surface area contributed by atoms with E-state index in [0.29, 0.717) is 0 Å². The fourth-order valence-corrected chi connectivity index (χ4v) is 0. The molecule has 2 heteroatoms. The minimum absolute atomic E-state index is 0. The third-order valence-electron chi connectivity index (χ3n) is 0.149. The van der Waals surface area contributed by atoms with Gasteiger partial charge >= 0.3 is 16.5 Å². The maximum absolute atomic E-state index is 4.74. The summed E-state index contributed by atoms with van der Waals surface area (Å²) in [4.78, 5) is 0. The Kier molecular flexibility index (Phi) is 54.8. The Morgan fingerprint density at radius 1 is 1.67 bits per heavy atom. The second-order valence-corrected chi connectivity index (χ2v) is 0.407. The van der Waals surface area contributed by atoms with Crippen LogP contribution in [0.1, 0.15) is 0 Å². The molecule has 0 aliphatic heterocycles. The van der Waals surface area contributed by atoms with Gasteiger partial charge in [-0.15, -0.1) is 7.05 Å². The van der Waals surface area contributed by atoms with Gasteiger partial charge < -0.3 is 25.5 Å². The third-order valence-corrected chi connectivity index (χ3v) is 0.149. The van der Waals surface area contributed by atoms with Gasteiger partial charge in [0.2, 0.25) is 0 Å². The van der Waals surface area contributed by atoms with E-state index in [-0.39, 0.29) is 23.9 Å². The van der Waals surface area contributed by atoms with Gasteiger partial charge in [0, 0.05) is 0 Å². The summed E-state index contributed by atoms with van der Waals surface area (Å²) in [6, 6.07) is 0. The molecule has 1 nitrogen and oxygen atoms in total. The first-order chi connectivity index (χ1) is 1.91. The largest absolute Gasteiger partial charge is 2.00 e. The molecule has 0 aliphatic carbocycles. The summed E-state index contributed by atoms with van der Waals surface area (Å²) in [5, 5.41) is 3.39. The molecule has 0 fully saturated rings. The summed E-state index contributed by atoms with van der Waals surface area (Å²) in [6.45, 7) is 4.74. The molecule has 0 aromatic heterocycles. The van der Waals surface area contributed by atoms with Crippen LogP contribution in [0.15, 0.2) is 6.20 Å². The van der Waals surface area contributed by atoms with Crippen LogP contribution in [0.2, 0.25) is 0 Å². The minimum atomic E-state index is 0. The van der Waals surface area contributed by atoms with Crippen molar-refractivity contribution in [3.63, 3.8) is 0 Å². The van der Waals surface area contributed by atoms with Crippen LogP contribution < -0.4 is 0 Å². The second kappa shape index (κ2) is 19.8. The van der Waals surface area contributed by atoms with Crippen LogP contribution >= 0.6 is 0 Å². The Morgan fingerprint density at radius 2 is 1.83 bits per heavy atom. The van der Waals surface area contributed by atoms with Crippen molar-refractivity contribution in [2.24, 2.45) is 0 Å². The molecular formula is C4H8NNi-. The van der Waals surface area contributed by atoms with E-state index < -0.39 is 0 Å². The van der Waals surface area contributed by atoms with Gasteiger partial charge in [0.1, 0.15) is 0 Å². The molecule has 0 bridgehead atoms. The molecule has 0 saturated heterocycles. The van der Waals surface area contributed by atoms with Gasteiger partial charge in [-0.05, 0) is 0 Å². The predicted octanol–water partition coefficient (Wildman–Crippen LogP) is 1.38. The molecule has 0 heterocycles. The maximum Gasteiger partial charge on any atom is 2.00 e. The van der Waals surface area contributed by atoms with E-state index in [0.717, 1.165) is 0 Å². The molecule has 0 unspecified atom stereocenters. The van der Waals surface area contributed by atoms with Gasteiger partial charge in [-0.2, -0.15) is 0 Å². The van der Waals surface area contributed by atoms with Gasteiger partial charge in [0.05, 0.1) is 0 Å². The van der Waals surface area contributed by atoms with Crippen LogP contribution in [0, 0.1) is 14.0 Å². The zero-order chi connectivity index (χ0) is 3.41. The van der Waals surface area contributed by atoms with Crippen molar-refractivity contribution in [3.05, 3.63) is 25.5 Å². The van der Waals surface area contributed by atoms with Crippen molar-refractivity contribution in [1.29, 1.82) is 0 Å². The SMILES string of the molecule is [CH-]=C[N-]C.[CH3-].[Ni+2]. The Bertz CT molecular complexity index is 21.5. The van der Waals surface area contributed by atoms with Crippen LogP contribution in [0.4, 0.5) is 0 Å². The number of rotatable bonds is 1. The molecule has 0 saturated carbocycles. The summed E-state index contributed by atoms with van der Waals surface area (Å²) in [6.07, 6.45) is 1.25. The van der Waals surface area contributed by atoms with E-state index in [1.807, 2.05) is 0 Å². The van der Waals surface area contributed by atoms with Crippen LogP contribution in [0.25, 0.3) is 5.32 Å². The van der Waals surface area contributed by atoms with Crippen molar-refractivity contribution < 1.29 is 16.5 Å². The van der Waals surface area contributed by atoms with Crippen molar-refractivity contribution in [2.75, 3.05) is 7.05 Å². The predicted molar refractivity (Wildman–Crippen MR) is 24.6 cm³/mol. The van der Waals surface area contributed by atoms with Crippen LogP contribution in [-0.2, 0) is 16.5 Å². The maximum atomic E-state index is 4.74. The zero-order valence-corrected chi connectivity index (χ0v) is 4.91. The zero-order valence-electron chi connectivity index (χ0n) is 3.92. The van der Waals surface area contributed by atoms with Gasteiger partial charge in [-0.25, -0.2) is 0 Å². The van der Waals surface area contributed by atoms with Crippen LogP contribution in [0.5, 0.6) is 0 Å². The Morgan fingerprint density at radius 3 is 1.83 bits per heavy atom. The number of hydrogen-bond acceptors (Lipinski definition) is 0. The summed E-state index contributed by atoms with van der Waals surface area (Å²) < 4.78 is 0. The molecule has 0 atom stereocenters. The van der Waals surface area contributed by atoms with Crippen LogP contribution in [0.3, 0.4) is 0 Å². The molecule has 0 aliphatic rings. The fourth-order valence-electron chi connectivity index (χ4n) is 0. The standard InChI is InChI=1S/C3H5N.CH3.Ni/c1-3-4-2;;/h1,3H,2H3;1H3;/q-2;-1;+2. The van der Waals surface area contributed by atoms with Gasteiger partial charge in [0.15, 0.2) is 0 Å². The second-order valence-electron chi connectivity index (χ2n) is 0.407. The quantitative estimate of drug-likeness (QED) is 0.375. The first kappa shape index (κ1) is 16.6. The van der Waals surface area contributed by atoms with Gasteiger partial charge in [-0.3, -0.25) is 0 Å². The average molecular weight is 129 g/mol. The van der Waals surface area contributed by atoms with Crippen molar-refractivity contribution in [2.45, 2.75) is 0 Å². The molecule has 0 aromatic rings. The molecule has 40 valence electrons. The van der Waals surface area contributed by atoms with Crippen molar-refractivity contribution >= 4 is 0 Å². The van der Waals surface area contributed by atoms with Crippen molar-refractivity contribution in [3.8, 4) is 0 Å². The summed E-state index contributed by atoms with van der Waals surface area (Å²) >= 11 is 0. The number of hydrogen-bond donors (Lipinski definition) is 0. The summed E-state index contributed by atoms with van der Waals surface area (Å²) in [5.41, 5.74) is 0. The molecule has 0 rings (SSSR count). The smallest absolute Gasteiger partial charge is 0.723 e. The third kappa shape index (κ3) is 34.7. The summed E-state index contributed by atoms with van der Waals surface area (Å²) in [7, 11) is 1.62. The average Bonchev–Trinajstić information content (AvgIpc) is 1.37. The molecule has 0 spiro atoms. The Hall–Kier alpha value is 0.0335. The van der Waals surface area contributed by atoms with E-state index in [9.17, 15) is 0 Å². The van der Waals surface area contributed by atoms with Gasteiger partial charge in [-0.1, -0.05) is 0 Å². The van der Waals surface area contributed by atoms with E-state index in [1.54, 1.807) is 7.05 Å². The number of nitrogens with zero attached hydrogens (tertiary/aromatic N) is 1. The molecule has 0 amide bonds. The Balaban J connectivity index is -0.0000000450. The van der Waals surface area contributed by atoms with E-state index in [2.05, 4.69) is 5.32 Å². The summed E-state index contributed by atoms with van der Waals surface area (Å²) in [5.74, 6) is 0. The monoisotopic (exact) mass is 128 g/mol. The van der Waals surface area contributed by atoms with Gasteiger partial charge in [0.25, 0.3) is 0 Å². The topological polar surface area (TPSA) is 14.1 Å². The molecule has 0 radical (unpaired) electrons. The van der Waals surface area contributed by atoms with Crippen molar-refractivity contribution in [1.82, 2.24) is 0 Å². The fraction of sp³-hybridized carbons (Fsp3) is 0.250. The molecule has 0 aromatic carbocycles. The first-order valence-electron chi connectivity index (χ1n) is 1.04. The molecule has 0 N–H and O–H groups in total. The van der Waals surface area contributed by atoms with E-state index >= 15 is 0 Å². The molecular weight excluding hydrogens is 121 g/mol.